The molecule has 1 spiro atoms. The minimum atomic E-state index is -1.17. The predicted octanol–water partition coefficient (Wildman–Crippen LogP) is 2.38. The van der Waals surface area contributed by atoms with Gasteiger partial charge >= 0.3 is 0 Å². The molecule has 2 aromatic rings. The average molecular weight is 338 g/mol. The zero-order chi connectivity index (χ0) is 17.6. The first-order chi connectivity index (χ1) is 12.1. The highest BCUT2D eigenvalue weighted by molar-refractivity contribution is 6.18. The molecule has 2 aromatic carbocycles. The van der Waals surface area contributed by atoms with E-state index < -0.39 is 5.41 Å². The summed E-state index contributed by atoms with van der Waals surface area (Å²) in [6.45, 7) is 0. The van der Waals surface area contributed by atoms with Crippen LogP contribution in [0.1, 0.15) is 11.1 Å². The van der Waals surface area contributed by atoms with Crippen molar-refractivity contribution in [3.8, 4) is 11.5 Å². The van der Waals surface area contributed by atoms with Gasteiger partial charge in [-0.25, -0.2) is 0 Å². The van der Waals surface area contributed by atoms with Crippen molar-refractivity contribution in [2.75, 3.05) is 24.9 Å². The first kappa shape index (κ1) is 15.5. The molecule has 25 heavy (non-hydrogen) atoms. The first-order valence-electron chi connectivity index (χ1n) is 8.02. The Labute approximate surface area is 145 Å². The maximum Gasteiger partial charge on any atom is 0.240 e. The summed E-state index contributed by atoms with van der Waals surface area (Å²) < 4.78 is 10.5. The fraction of sp³-hybridized carbons (Fsp3) is 0.263. The van der Waals surface area contributed by atoms with Crippen LogP contribution in [-0.4, -0.2) is 26.0 Å². The van der Waals surface area contributed by atoms with Crippen molar-refractivity contribution in [3.05, 3.63) is 47.5 Å². The van der Waals surface area contributed by atoms with Gasteiger partial charge in [0.15, 0.2) is 0 Å². The van der Waals surface area contributed by atoms with Gasteiger partial charge in [-0.3, -0.25) is 9.59 Å². The van der Waals surface area contributed by atoms with Crippen molar-refractivity contribution < 1.29 is 19.1 Å². The Hall–Kier alpha value is -3.02. The number of hydrogen-bond donors (Lipinski definition) is 2. The molecule has 128 valence electrons. The second-order valence-electron chi connectivity index (χ2n) is 6.39. The lowest BCUT2D eigenvalue weighted by Gasteiger charge is -2.39. The van der Waals surface area contributed by atoms with Crippen LogP contribution in [0.2, 0.25) is 0 Å². The normalized spacial score (nSPS) is 17.2. The molecule has 4 rings (SSSR count). The Morgan fingerprint density at radius 1 is 0.800 bits per heavy atom. The van der Waals surface area contributed by atoms with Gasteiger partial charge in [-0.15, -0.1) is 0 Å². The third kappa shape index (κ3) is 2.33. The molecule has 2 aliphatic heterocycles. The van der Waals surface area contributed by atoms with Gasteiger partial charge in [-0.2, -0.15) is 0 Å². The Bertz CT molecular complexity index is 817. The number of methoxy groups -OCH3 is 2. The molecule has 6 heteroatoms. The molecule has 2 heterocycles. The van der Waals surface area contributed by atoms with Crippen molar-refractivity contribution in [2.45, 2.75) is 12.8 Å². The Kier molecular flexibility index (Phi) is 3.42. The van der Waals surface area contributed by atoms with Crippen molar-refractivity contribution in [2.24, 2.45) is 5.41 Å². The van der Waals surface area contributed by atoms with Crippen molar-refractivity contribution in [3.63, 3.8) is 0 Å². The van der Waals surface area contributed by atoms with Crippen LogP contribution < -0.4 is 20.1 Å². The molecule has 0 radical (unpaired) electrons. The Morgan fingerprint density at radius 2 is 1.24 bits per heavy atom. The summed E-state index contributed by atoms with van der Waals surface area (Å²) in [7, 11) is 3.18. The summed E-state index contributed by atoms with van der Waals surface area (Å²) >= 11 is 0. The number of ether oxygens (including phenoxy) is 2. The molecule has 0 atom stereocenters. The van der Waals surface area contributed by atoms with Gasteiger partial charge < -0.3 is 20.1 Å². The van der Waals surface area contributed by atoms with Crippen molar-refractivity contribution >= 4 is 23.2 Å². The highest BCUT2D eigenvalue weighted by Gasteiger charge is 2.51. The van der Waals surface area contributed by atoms with Gasteiger partial charge in [-0.1, -0.05) is 0 Å². The van der Waals surface area contributed by atoms with Crippen LogP contribution >= 0.6 is 0 Å². The minimum absolute atomic E-state index is 0.281. The van der Waals surface area contributed by atoms with E-state index in [0.717, 1.165) is 22.5 Å². The lowest BCUT2D eigenvalue weighted by molar-refractivity contribution is -0.138. The van der Waals surface area contributed by atoms with Crippen LogP contribution in [0.3, 0.4) is 0 Å². The average Bonchev–Trinajstić information content (AvgIpc) is 2.62. The lowest BCUT2D eigenvalue weighted by Crippen LogP contribution is -2.53. The molecular formula is C19H18N2O4. The molecule has 0 fully saturated rings. The van der Waals surface area contributed by atoms with Crippen molar-refractivity contribution in [1.82, 2.24) is 0 Å². The summed E-state index contributed by atoms with van der Waals surface area (Å²) in [5.41, 5.74) is 2.06. The fourth-order valence-electron chi connectivity index (χ4n) is 3.55. The molecule has 0 bridgehead atoms. The number of nitrogens with one attached hydrogen (secondary N) is 2. The van der Waals surface area contributed by atoms with E-state index in [1.807, 2.05) is 12.1 Å². The zero-order valence-electron chi connectivity index (χ0n) is 14.0. The van der Waals surface area contributed by atoms with E-state index in [1.165, 1.54) is 0 Å². The van der Waals surface area contributed by atoms with E-state index in [-0.39, 0.29) is 11.8 Å². The number of rotatable bonds is 2. The molecule has 0 aliphatic carbocycles. The highest BCUT2D eigenvalue weighted by atomic mass is 16.5. The van der Waals surface area contributed by atoms with Crippen LogP contribution in [0, 0.1) is 5.41 Å². The van der Waals surface area contributed by atoms with Gasteiger partial charge in [0.1, 0.15) is 16.9 Å². The number of hydrogen-bond acceptors (Lipinski definition) is 4. The fourth-order valence-corrected chi connectivity index (χ4v) is 3.55. The zero-order valence-corrected chi connectivity index (χ0v) is 14.0. The maximum atomic E-state index is 12.8. The number of carbonyl (C=O) groups is 2. The monoisotopic (exact) mass is 338 g/mol. The molecule has 6 nitrogen and oxygen atoms in total. The van der Waals surface area contributed by atoms with Gasteiger partial charge in [0, 0.05) is 11.4 Å². The van der Waals surface area contributed by atoms with Crippen LogP contribution in [0.4, 0.5) is 11.4 Å². The molecule has 2 N–H and O–H groups in total. The molecule has 0 saturated heterocycles. The Balaban J connectivity index is 1.77. The van der Waals surface area contributed by atoms with E-state index in [1.54, 1.807) is 38.5 Å². The molecular weight excluding hydrogens is 320 g/mol. The van der Waals surface area contributed by atoms with Crippen LogP contribution in [0.5, 0.6) is 11.5 Å². The number of carbonyl (C=O) groups excluding carboxylic acids is 2. The number of amides is 2. The SMILES string of the molecule is COc1ccc2c(c1)CC1(Cc3cc(OC)ccc3NC1=O)C(=O)N2. The van der Waals surface area contributed by atoms with Crippen LogP contribution in [0.15, 0.2) is 36.4 Å². The largest absolute Gasteiger partial charge is 0.497 e. The summed E-state index contributed by atoms with van der Waals surface area (Å²) in [5.74, 6) is 0.832. The van der Waals surface area contributed by atoms with Crippen LogP contribution in [-0.2, 0) is 22.4 Å². The van der Waals surface area contributed by atoms with E-state index in [4.69, 9.17) is 9.47 Å². The first-order valence-corrected chi connectivity index (χ1v) is 8.02. The summed E-state index contributed by atoms with van der Waals surface area (Å²) in [6.07, 6.45) is 0.654. The Morgan fingerprint density at radius 3 is 1.64 bits per heavy atom. The van der Waals surface area contributed by atoms with E-state index >= 15 is 0 Å². The highest BCUT2D eigenvalue weighted by Crippen LogP contribution is 2.43. The number of benzene rings is 2. The number of fused-ring (bicyclic) bond motifs is 2. The summed E-state index contributed by atoms with van der Waals surface area (Å²) in [6, 6.07) is 10.9. The maximum absolute atomic E-state index is 12.8. The molecule has 0 unspecified atom stereocenters. The lowest BCUT2D eigenvalue weighted by atomic mass is 9.70. The van der Waals surface area contributed by atoms with Crippen LogP contribution in [0.25, 0.3) is 0 Å². The van der Waals surface area contributed by atoms with Gasteiger partial charge in [-0.05, 0) is 60.4 Å². The minimum Gasteiger partial charge on any atom is -0.497 e. The third-order valence-electron chi connectivity index (χ3n) is 4.97. The smallest absolute Gasteiger partial charge is 0.240 e. The summed E-state index contributed by atoms with van der Waals surface area (Å²) in [4.78, 5) is 25.7. The predicted molar refractivity (Wildman–Crippen MR) is 93.1 cm³/mol. The standard InChI is InChI=1S/C19H18N2O4/c1-24-13-3-5-15-11(7-13)9-19(17(22)20-15)10-12-8-14(25-2)4-6-16(12)21-18(19)23/h3-8H,9-10H2,1-2H3,(H,20,22)(H,21,23). The van der Waals surface area contributed by atoms with E-state index in [9.17, 15) is 9.59 Å². The molecule has 2 amide bonds. The second kappa shape index (κ2) is 5.51. The number of anilines is 2. The molecule has 2 aliphatic rings. The van der Waals surface area contributed by atoms with Gasteiger partial charge in [0.25, 0.3) is 0 Å². The van der Waals surface area contributed by atoms with E-state index in [2.05, 4.69) is 10.6 Å². The summed E-state index contributed by atoms with van der Waals surface area (Å²) in [5, 5.41) is 5.75. The topological polar surface area (TPSA) is 76.7 Å². The quantitative estimate of drug-likeness (QED) is 0.824. The second-order valence-corrected chi connectivity index (χ2v) is 6.39. The third-order valence-corrected chi connectivity index (χ3v) is 4.97. The van der Waals surface area contributed by atoms with Crippen molar-refractivity contribution in [1.29, 1.82) is 0 Å². The van der Waals surface area contributed by atoms with Gasteiger partial charge in [0.2, 0.25) is 11.8 Å². The molecule has 0 saturated carbocycles. The van der Waals surface area contributed by atoms with E-state index in [0.29, 0.717) is 24.3 Å². The van der Waals surface area contributed by atoms with Gasteiger partial charge in [0.05, 0.1) is 14.2 Å². The molecule has 0 aromatic heterocycles.